The maximum atomic E-state index is 12.5. The standard InChI is InChI=1S/C15H16BrNO3/c1-11(18)20-10-7-13-12-5-2-3-6-14(12)17(15(13)19)9-4-8-16/h2-3,5-7,10,13H,4,8-9H2,1H3/b10-7-. The van der Waals surface area contributed by atoms with Crippen LogP contribution in [0.1, 0.15) is 24.8 Å². The number of rotatable bonds is 5. The van der Waals surface area contributed by atoms with Crippen molar-refractivity contribution in [2.45, 2.75) is 19.3 Å². The van der Waals surface area contributed by atoms with E-state index < -0.39 is 5.97 Å². The van der Waals surface area contributed by atoms with E-state index in [0.29, 0.717) is 6.54 Å². The van der Waals surface area contributed by atoms with Gasteiger partial charge in [-0.05, 0) is 24.1 Å². The summed E-state index contributed by atoms with van der Waals surface area (Å²) in [4.78, 5) is 25.0. The molecule has 1 aromatic carbocycles. The summed E-state index contributed by atoms with van der Waals surface area (Å²) in [5.74, 6) is -0.743. The van der Waals surface area contributed by atoms with Crippen LogP contribution >= 0.6 is 15.9 Å². The van der Waals surface area contributed by atoms with Crippen molar-refractivity contribution in [1.82, 2.24) is 0 Å². The second-order valence-corrected chi connectivity index (χ2v) is 5.30. The number of benzene rings is 1. The molecule has 0 aliphatic carbocycles. The molecule has 4 nitrogen and oxygen atoms in total. The lowest BCUT2D eigenvalue weighted by Crippen LogP contribution is -2.29. The Labute approximate surface area is 126 Å². The molecule has 1 aliphatic rings. The van der Waals surface area contributed by atoms with Gasteiger partial charge in [-0.15, -0.1) is 0 Å². The Balaban J connectivity index is 2.23. The van der Waals surface area contributed by atoms with E-state index in [1.807, 2.05) is 24.3 Å². The molecule has 1 atom stereocenters. The van der Waals surface area contributed by atoms with Gasteiger partial charge >= 0.3 is 5.97 Å². The summed E-state index contributed by atoms with van der Waals surface area (Å²) in [6, 6.07) is 7.71. The summed E-state index contributed by atoms with van der Waals surface area (Å²) in [7, 11) is 0. The summed E-state index contributed by atoms with van der Waals surface area (Å²) in [6.45, 7) is 2.01. The number of amides is 1. The number of carbonyl (C=O) groups excluding carboxylic acids is 2. The number of ether oxygens (including phenoxy) is 1. The lowest BCUT2D eigenvalue weighted by Gasteiger charge is -2.16. The molecular weight excluding hydrogens is 322 g/mol. The van der Waals surface area contributed by atoms with Crippen molar-refractivity contribution in [1.29, 1.82) is 0 Å². The average Bonchev–Trinajstić information content (AvgIpc) is 2.69. The molecule has 0 saturated heterocycles. The van der Waals surface area contributed by atoms with Gasteiger partial charge < -0.3 is 9.64 Å². The summed E-state index contributed by atoms with van der Waals surface area (Å²) < 4.78 is 4.79. The Morgan fingerprint density at radius 2 is 2.20 bits per heavy atom. The molecular formula is C15H16BrNO3. The van der Waals surface area contributed by atoms with Gasteiger partial charge in [0, 0.05) is 24.5 Å². The first-order valence-electron chi connectivity index (χ1n) is 6.45. The molecule has 1 aliphatic heterocycles. The number of fused-ring (bicyclic) bond motifs is 1. The van der Waals surface area contributed by atoms with Crippen molar-refractivity contribution in [3.8, 4) is 0 Å². The van der Waals surface area contributed by atoms with Gasteiger partial charge in [0.05, 0.1) is 12.2 Å². The Morgan fingerprint density at radius 1 is 1.45 bits per heavy atom. The van der Waals surface area contributed by atoms with Crippen molar-refractivity contribution < 1.29 is 14.3 Å². The fourth-order valence-electron chi connectivity index (χ4n) is 2.26. The van der Waals surface area contributed by atoms with E-state index in [9.17, 15) is 9.59 Å². The third-order valence-corrected chi connectivity index (χ3v) is 3.68. The first-order valence-corrected chi connectivity index (χ1v) is 7.57. The van der Waals surface area contributed by atoms with Crippen LogP contribution in [0.25, 0.3) is 0 Å². The third-order valence-electron chi connectivity index (χ3n) is 3.12. The van der Waals surface area contributed by atoms with Gasteiger partial charge in [0.1, 0.15) is 0 Å². The number of hydrogen-bond donors (Lipinski definition) is 0. The SMILES string of the molecule is CC(=O)O/C=C\C1C(=O)N(CCCBr)c2ccccc21. The molecule has 0 saturated carbocycles. The number of alkyl halides is 1. The van der Waals surface area contributed by atoms with Gasteiger partial charge in [0.25, 0.3) is 0 Å². The number of hydrogen-bond acceptors (Lipinski definition) is 3. The molecule has 0 fully saturated rings. The Bertz CT molecular complexity index is 542. The first-order chi connectivity index (χ1) is 9.65. The van der Waals surface area contributed by atoms with Gasteiger partial charge in [-0.25, -0.2) is 0 Å². The minimum Gasteiger partial charge on any atom is -0.435 e. The molecule has 0 aromatic heterocycles. The van der Waals surface area contributed by atoms with Gasteiger partial charge in [-0.3, -0.25) is 9.59 Å². The van der Waals surface area contributed by atoms with Crippen molar-refractivity contribution >= 4 is 33.5 Å². The third kappa shape index (κ3) is 3.10. The Kier molecular flexibility index (Phi) is 4.95. The van der Waals surface area contributed by atoms with E-state index in [2.05, 4.69) is 15.9 Å². The maximum Gasteiger partial charge on any atom is 0.307 e. The number of halogens is 1. The normalized spacial score (nSPS) is 17.6. The van der Waals surface area contributed by atoms with E-state index in [0.717, 1.165) is 23.0 Å². The molecule has 0 N–H and O–H groups in total. The number of carbonyl (C=O) groups is 2. The van der Waals surface area contributed by atoms with Crippen molar-refractivity contribution in [3.05, 3.63) is 42.2 Å². The summed E-state index contributed by atoms with van der Waals surface area (Å²) in [5.41, 5.74) is 1.89. The van der Waals surface area contributed by atoms with Crippen LogP contribution in [0, 0.1) is 0 Å². The molecule has 5 heteroatoms. The van der Waals surface area contributed by atoms with Gasteiger partial charge in [-0.2, -0.15) is 0 Å². The van der Waals surface area contributed by atoms with Crippen LogP contribution in [0.4, 0.5) is 5.69 Å². The largest absolute Gasteiger partial charge is 0.435 e. The van der Waals surface area contributed by atoms with Gasteiger partial charge in [0.15, 0.2) is 0 Å². The lowest BCUT2D eigenvalue weighted by molar-refractivity contribution is -0.135. The second-order valence-electron chi connectivity index (χ2n) is 4.51. The number of nitrogens with zero attached hydrogens (tertiary/aromatic N) is 1. The van der Waals surface area contributed by atoms with Crippen LogP contribution in [-0.4, -0.2) is 23.8 Å². The van der Waals surface area contributed by atoms with E-state index in [4.69, 9.17) is 4.74 Å². The average molecular weight is 338 g/mol. The van der Waals surface area contributed by atoms with Crippen LogP contribution in [-0.2, 0) is 14.3 Å². The Morgan fingerprint density at radius 3 is 2.90 bits per heavy atom. The molecule has 1 heterocycles. The zero-order chi connectivity index (χ0) is 14.5. The Hall–Kier alpha value is -1.62. The van der Waals surface area contributed by atoms with Crippen molar-refractivity contribution in [3.63, 3.8) is 0 Å². The number of esters is 1. The van der Waals surface area contributed by atoms with Crippen LogP contribution < -0.4 is 4.90 Å². The van der Waals surface area contributed by atoms with Crippen LogP contribution in [0.2, 0.25) is 0 Å². The number of anilines is 1. The second kappa shape index (κ2) is 6.70. The van der Waals surface area contributed by atoms with Crippen molar-refractivity contribution in [2.75, 3.05) is 16.8 Å². The highest BCUT2D eigenvalue weighted by molar-refractivity contribution is 9.09. The highest BCUT2D eigenvalue weighted by atomic mass is 79.9. The van der Waals surface area contributed by atoms with Crippen molar-refractivity contribution in [2.24, 2.45) is 0 Å². The topological polar surface area (TPSA) is 46.6 Å². The fourth-order valence-corrected chi connectivity index (χ4v) is 2.51. The summed E-state index contributed by atoms with van der Waals surface area (Å²) >= 11 is 3.38. The molecule has 0 bridgehead atoms. The smallest absolute Gasteiger partial charge is 0.307 e. The number of para-hydroxylation sites is 1. The molecule has 1 unspecified atom stereocenters. The van der Waals surface area contributed by atoms with E-state index >= 15 is 0 Å². The highest BCUT2D eigenvalue weighted by Gasteiger charge is 2.34. The molecule has 106 valence electrons. The molecule has 0 radical (unpaired) electrons. The quantitative estimate of drug-likeness (QED) is 0.471. The molecule has 1 aromatic rings. The summed E-state index contributed by atoms with van der Waals surface area (Å²) in [5, 5.41) is 0.854. The predicted molar refractivity (Wildman–Crippen MR) is 80.9 cm³/mol. The lowest BCUT2D eigenvalue weighted by atomic mass is 10.0. The van der Waals surface area contributed by atoms with Crippen LogP contribution in [0.15, 0.2) is 36.6 Å². The highest BCUT2D eigenvalue weighted by Crippen LogP contribution is 2.37. The molecule has 1 amide bonds. The molecule has 0 spiro atoms. The first kappa shape index (κ1) is 14.8. The zero-order valence-corrected chi connectivity index (χ0v) is 12.8. The van der Waals surface area contributed by atoms with E-state index in [1.165, 1.54) is 13.2 Å². The minimum atomic E-state index is -0.392. The van der Waals surface area contributed by atoms with Gasteiger partial charge in [0.2, 0.25) is 5.91 Å². The van der Waals surface area contributed by atoms with E-state index in [-0.39, 0.29) is 11.8 Å². The fraction of sp³-hybridized carbons (Fsp3) is 0.333. The monoisotopic (exact) mass is 337 g/mol. The van der Waals surface area contributed by atoms with Crippen LogP contribution in [0.5, 0.6) is 0 Å². The van der Waals surface area contributed by atoms with E-state index in [1.54, 1.807) is 11.0 Å². The zero-order valence-electron chi connectivity index (χ0n) is 11.2. The van der Waals surface area contributed by atoms with Gasteiger partial charge in [-0.1, -0.05) is 34.1 Å². The maximum absolute atomic E-state index is 12.5. The molecule has 20 heavy (non-hydrogen) atoms. The predicted octanol–water partition coefficient (Wildman–Crippen LogP) is 2.98. The minimum absolute atomic E-state index is 0.0237. The summed E-state index contributed by atoms with van der Waals surface area (Å²) in [6.07, 6.45) is 3.83. The van der Waals surface area contributed by atoms with Crippen LogP contribution in [0.3, 0.4) is 0 Å². The molecule has 2 rings (SSSR count).